The van der Waals surface area contributed by atoms with Crippen molar-refractivity contribution in [2.45, 2.75) is 76.0 Å². The first-order chi connectivity index (χ1) is 31.2. The summed E-state index contributed by atoms with van der Waals surface area (Å²) < 4.78 is 1.76. The van der Waals surface area contributed by atoms with Crippen molar-refractivity contribution < 1.29 is 19.0 Å². The maximum atomic E-state index is 12.9. The first-order valence-electron chi connectivity index (χ1n) is 22.5. The third-order valence-electron chi connectivity index (χ3n) is 13.8. The fraction of sp³-hybridized carbons (Fsp3) is 0.346. The highest BCUT2D eigenvalue weighted by atomic mass is 35.5. The van der Waals surface area contributed by atoms with Crippen LogP contribution < -0.4 is 9.46 Å². The summed E-state index contributed by atoms with van der Waals surface area (Å²) in [5.74, 6) is 1.20. The number of piperidine rings is 2. The largest absolute Gasteiger partial charge is 0.619 e. The monoisotopic (exact) mass is 894 g/mol. The highest BCUT2D eigenvalue weighted by molar-refractivity contribution is 6.31. The van der Waals surface area contributed by atoms with E-state index < -0.39 is 0 Å². The number of likely N-dealkylation sites (tertiary alicyclic amines) is 2. The van der Waals surface area contributed by atoms with E-state index in [1.807, 2.05) is 58.5 Å². The number of halogens is 2. The summed E-state index contributed by atoms with van der Waals surface area (Å²) in [6.07, 6.45) is 17.8. The molecule has 2 atom stereocenters. The van der Waals surface area contributed by atoms with Gasteiger partial charge in [0.05, 0.1) is 24.5 Å². The molecule has 4 aliphatic rings. The molecule has 0 saturated carbocycles. The molecule has 6 heterocycles. The van der Waals surface area contributed by atoms with Gasteiger partial charge in [-0.1, -0.05) is 47.5 Å². The van der Waals surface area contributed by atoms with E-state index in [1.165, 1.54) is 45.9 Å². The van der Waals surface area contributed by atoms with Crippen LogP contribution in [0.15, 0.2) is 122 Å². The summed E-state index contributed by atoms with van der Waals surface area (Å²) >= 11 is 12.6. The molecule has 2 fully saturated rings. The molecule has 0 radical (unpaired) electrons. The molecule has 10 nitrogen and oxygen atoms in total. The number of benzene rings is 2. The van der Waals surface area contributed by atoms with Crippen molar-refractivity contribution in [3.63, 3.8) is 0 Å². The highest BCUT2D eigenvalue weighted by Gasteiger charge is 2.39. The van der Waals surface area contributed by atoms with Gasteiger partial charge in [0.1, 0.15) is 0 Å². The maximum Gasteiger partial charge on any atom is 0.227 e. The normalized spacial score (nSPS) is 18.5. The van der Waals surface area contributed by atoms with Crippen LogP contribution in [0.4, 0.5) is 0 Å². The van der Waals surface area contributed by atoms with Gasteiger partial charge in [-0.3, -0.25) is 19.6 Å². The van der Waals surface area contributed by atoms with Crippen LogP contribution in [0, 0.1) is 22.3 Å². The number of carbonyl (C=O) groups excluding carboxylic acids is 2. The number of aromatic nitrogens is 4. The quantitative estimate of drug-likeness (QED) is 0.123. The Labute approximate surface area is 384 Å². The van der Waals surface area contributed by atoms with Gasteiger partial charge in [0.2, 0.25) is 17.5 Å². The van der Waals surface area contributed by atoms with Crippen LogP contribution >= 0.6 is 23.2 Å². The molecular formula is C52H52Cl2N6O4. The predicted molar refractivity (Wildman–Crippen MR) is 247 cm³/mol. The standard InChI is InChI=1S/C26H26ClN3O3.C26H26ClN3O/c27-22-7-8-23-21(16-22)6-5-20-4-2-12-30(33)26(20)25(23)19-9-13-28(14-10-19)24(31)15-18-3-1-11-29(32)17-18;27-22-7-8-23-21(16-22)6-5-20-4-2-12-29-26(20)25(23)19-9-13-30(14-10-19)24(31)15-18-3-1-11-28-17-18/h1-4,7-8,11-12,16-17,19,25H,5-6,9-10,13-15H2;1-4,7-8,11-12,16-17,19,25H,5-6,9-10,13-15H2. The van der Waals surface area contributed by atoms with Crippen molar-refractivity contribution in [3.8, 4) is 0 Å². The van der Waals surface area contributed by atoms with E-state index >= 15 is 0 Å². The van der Waals surface area contributed by atoms with E-state index in [-0.39, 0.29) is 36.0 Å². The van der Waals surface area contributed by atoms with Crippen LogP contribution in [0.1, 0.15) is 93.4 Å². The van der Waals surface area contributed by atoms with Gasteiger partial charge >= 0.3 is 0 Å². The number of amides is 2. The SMILES string of the molecule is O=C(Cc1ccc[n+]([O-])c1)N1CCC(C2c3ccc(Cl)cc3CCc3ccc[n+]([O-])c32)CC1.O=C(Cc1cccnc1)N1CCC(C2c3ccc(Cl)cc3CCc3cccnc32)CC1. The number of rotatable bonds is 6. The van der Waals surface area contributed by atoms with Gasteiger partial charge < -0.3 is 20.2 Å². The molecule has 12 heteroatoms. The topological polar surface area (TPSA) is 120 Å². The lowest BCUT2D eigenvalue weighted by Crippen LogP contribution is -2.43. The molecule has 10 rings (SSSR count). The zero-order valence-electron chi connectivity index (χ0n) is 35.8. The first kappa shape index (κ1) is 43.4. The predicted octanol–water partition coefficient (Wildman–Crippen LogP) is 8.16. The van der Waals surface area contributed by atoms with Crippen LogP contribution in [-0.4, -0.2) is 57.8 Å². The molecular weight excluding hydrogens is 844 g/mol. The Balaban J connectivity index is 0.000000162. The zero-order chi connectivity index (χ0) is 44.2. The third-order valence-corrected chi connectivity index (χ3v) is 14.3. The van der Waals surface area contributed by atoms with Crippen LogP contribution in [0.5, 0.6) is 0 Å². The Morgan fingerprint density at radius 3 is 1.81 bits per heavy atom. The van der Waals surface area contributed by atoms with E-state index in [0.29, 0.717) is 30.5 Å². The van der Waals surface area contributed by atoms with E-state index in [0.717, 1.165) is 101 Å². The molecule has 2 amide bonds. The average molecular weight is 896 g/mol. The lowest BCUT2D eigenvalue weighted by atomic mass is 9.76. The summed E-state index contributed by atoms with van der Waals surface area (Å²) in [6.45, 7) is 2.89. The molecule has 2 aliphatic carbocycles. The summed E-state index contributed by atoms with van der Waals surface area (Å²) in [6, 6.07) is 27.8. The Hall–Kier alpha value is -5.84. The van der Waals surface area contributed by atoms with Gasteiger partial charge in [0.25, 0.3) is 0 Å². The van der Waals surface area contributed by atoms with Gasteiger partial charge in [-0.15, -0.1) is 0 Å². The minimum atomic E-state index is -0.0146. The van der Waals surface area contributed by atoms with Gasteiger partial charge in [0, 0.05) is 84.0 Å². The summed E-state index contributed by atoms with van der Waals surface area (Å²) in [5, 5.41) is 26.0. The number of pyridine rings is 4. The average Bonchev–Trinajstić information content (AvgIpc) is 3.58. The first-order valence-corrected chi connectivity index (χ1v) is 23.3. The second kappa shape index (κ2) is 19.5. The Bertz CT molecular complexity index is 2630. The number of hydrogen-bond acceptors (Lipinski definition) is 6. The number of hydrogen-bond donors (Lipinski definition) is 0. The molecule has 2 aromatic carbocycles. The van der Waals surface area contributed by atoms with Crippen LogP contribution in [0.2, 0.25) is 10.0 Å². The highest BCUT2D eigenvalue weighted by Crippen LogP contribution is 2.44. The second-order valence-electron chi connectivity index (χ2n) is 17.7. The number of fused-ring (bicyclic) bond motifs is 4. The van der Waals surface area contributed by atoms with Crippen molar-refractivity contribution in [1.82, 2.24) is 19.8 Å². The maximum absolute atomic E-state index is 12.9. The van der Waals surface area contributed by atoms with Gasteiger partial charge in [-0.25, -0.2) is 0 Å². The van der Waals surface area contributed by atoms with Crippen LogP contribution in [-0.2, 0) is 48.1 Å². The smallest absolute Gasteiger partial charge is 0.227 e. The third kappa shape index (κ3) is 9.64. The summed E-state index contributed by atoms with van der Waals surface area (Å²) in [7, 11) is 0. The van der Waals surface area contributed by atoms with Crippen LogP contribution in [0.3, 0.4) is 0 Å². The Kier molecular flexibility index (Phi) is 13.2. The van der Waals surface area contributed by atoms with Crippen LogP contribution in [0.25, 0.3) is 0 Å². The molecule has 2 saturated heterocycles. The van der Waals surface area contributed by atoms with Gasteiger partial charge in [0.15, 0.2) is 18.6 Å². The van der Waals surface area contributed by atoms with Crippen molar-refractivity contribution >= 4 is 35.0 Å². The van der Waals surface area contributed by atoms with E-state index in [2.05, 4.69) is 35.3 Å². The summed E-state index contributed by atoms with van der Waals surface area (Å²) in [5.41, 5.74) is 11.3. The molecule has 328 valence electrons. The Morgan fingerprint density at radius 1 is 0.625 bits per heavy atom. The Morgan fingerprint density at radius 2 is 1.17 bits per heavy atom. The summed E-state index contributed by atoms with van der Waals surface area (Å²) in [4.78, 5) is 38.5. The minimum Gasteiger partial charge on any atom is -0.619 e. The number of nitrogens with zero attached hydrogens (tertiary/aromatic N) is 6. The number of aryl methyl sites for hydroxylation is 4. The van der Waals surface area contributed by atoms with E-state index in [1.54, 1.807) is 30.7 Å². The van der Waals surface area contributed by atoms with E-state index in [9.17, 15) is 20.0 Å². The van der Waals surface area contributed by atoms with Gasteiger partial charge in [-0.2, -0.15) is 9.46 Å². The lowest BCUT2D eigenvalue weighted by molar-refractivity contribution is -0.616. The molecule has 2 unspecified atom stereocenters. The van der Waals surface area contributed by atoms with Crippen molar-refractivity contribution in [1.29, 1.82) is 0 Å². The van der Waals surface area contributed by atoms with E-state index in [4.69, 9.17) is 28.2 Å². The molecule has 0 N–H and O–H groups in total. The number of carbonyl (C=O) groups is 2. The van der Waals surface area contributed by atoms with Crippen molar-refractivity contribution in [2.24, 2.45) is 11.8 Å². The fourth-order valence-corrected chi connectivity index (χ4v) is 11.0. The minimum absolute atomic E-state index is 0.0146. The van der Waals surface area contributed by atoms with Crippen molar-refractivity contribution in [2.75, 3.05) is 26.2 Å². The molecule has 0 spiro atoms. The van der Waals surface area contributed by atoms with Crippen molar-refractivity contribution in [3.05, 3.63) is 198 Å². The lowest BCUT2D eigenvalue weighted by Gasteiger charge is -2.37. The second-order valence-corrected chi connectivity index (χ2v) is 18.5. The zero-order valence-corrected chi connectivity index (χ0v) is 37.3. The van der Waals surface area contributed by atoms with Gasteiger partial charge in [-0.05, 0) is 145 Å². The molecule has 64 heavy (non-hydrogen) atoms. The molecule has 2 aliphatic heterocycles. The molecule has 0 bridgehead atoms. The molecule has 4 aromatic heterocycles. The molecule has 6 aromatic rings. The fourth-order valence-electron chi connectivity index (χ4n) is 10.7.